The molecule has 1 rings (SSSR count). The number of halogens is 2. The van der Waals surface area contributed by atoms with Gasteiger partial charge in [-0.1, -0.05) is 43.1 Å². The average molecular weight is 262 g/mol. The summed E-state index contributed by atoms with van der Waals surface area (Å²) in [6.07, 6.45) is -1.03. The Morgan fingerprint density at radius 2 is 2.00 bits per heavy atom. The summed E-state index contributed by atoms with van der Waals surface area (Å²) in [4.78, 5) is 10.4. The topological polar surface area (TPSA) is 49.3 Å². The third-order valence-electron chi connectivity index (χ3n) is 2.38. The fourth-order valence-corrected chi connectivity index (χ4v) is 1.61. The van der Waals surface area contributed by atoms with Gasteiger partial charge in [-0.3, -0.25) is 0 Å². The van der Waals surface area contributed by atoms with E-state index in [1.807, 2.05) is 19.9 Å². The number of benzene rings is 1. The molecule has 0 aliphatic heterocycles. The van der Waals surface area contributed by atoms with Crippen molar-refractivity contribution in [1.29, 1.82) is 0 Å². The quantitative estimate of drug-likeness (QED) is 0.875. The Morgan fingerprint density at radius 3 is 2.50 bits per heavy atom. The van der Waals surface area contributed by atoms with E-state index in [-0.39, 0.29) is 5.41 Å². The molecule has 1 aromatic carbocycles. The molecule has 0 saturated carbocycles. The molecule has 16 heavy (non-hydrogen) atoms. The second kappa shape index (κ2) is 4.93. The highest BCUT2D eigenvalue weighted by Crippen LogP contribution is 2.29. The number of rotatable bonds is 3. The van der Waals surface area contributed by atoms with Crippen molar-refractivity contribution in [2.75, 3.05) is 6.54 Å². The van der Waals surface area contributed by atoms with Gasteiger partial charge in [-0.25, -0.2) is 4.79 Å². The van der Waals surface area contributed by atoms with Crippen molar-refractivity contribution in [2.45, 2.75) is 19.3 Å². The van der Waals surface area contributed by atoms with Crippen LogP contribution in [0, 0.1) is 0 Å². The number of amides is 1. The lowest BCUT2D eigenvalue weighted by Gasteiger charge is -2.25. The minimum Gasteiger partial charge on any atom is -0.465 e. The summed E-state index contributed by atoms with van der Waals surface area (Å²) < 4.78 is 0. The fourth-order valence-electron chi connectivity index (χ4n) is 1.32. The molecule has 0 spiro atoms. The molecular weight excluding hydrogens is 249 g/mol. The van der Waals surface area contributed by atoms with Crippen LogP contribution in [0.25, 0.3) is 0 Å². The summed E-state index contributed by atoms with van der Waals surface area (Å²) in [5.41, 5.74) is 0.614. The molecule has 0 saturated heterocycles. The highest BCUT2D eigenvalue weighted by Gasteiger charge is 2.22. The Labute approximate surface area is 104 Å². The average Bonchev–Trinajstić information content (AvgIpc) is 2.19. The van der Waals surface area contributed by atoms with Crippen LogP contribution in [0.5, 0.6) is 0 Å². The van der Waals surface area contributed by atoms with E-state index < -0.39 is 6.09 Å². The molecule has 0 aromatic heterocycles. The summed E-state index contributed by atoms with van der Waals surface area (Å²) in [6, 6.07) is 5.31. The van der Waals surface area contributed by atoms with E-state index in [2.05, 4.69) is 5.32 Å². The molecule has 0 fully saturated rings. The van der Waals surface area contributed by atoms with Crippen LogP contribution in [-0.4, -0.2) is 17.7 Å². The van der Waals surface area contributed by atoms with Crippen LogP contribution in [0.1, 0.15) is 19.4 Å². The van der Waals surface area contributed by atoms with E-state index in [0.29, 0.717) is 16.6 Å². The van der Waals surface area contributed by atoms with Gasteiger partial charge in [0.1, 0.15) is 0 Å². The normalized spacial score (nSPS) is 11.2. The van der Waals surface area contributed by atoms with Crippen LogP contribution in [0.4, 0.5) is 4.79 Å². The van der Waals surface area contributed by atoms with Crippen LogP contribution < -0.4 is 5.32 Å². The van der Waals surface area contributed by atoms with E-state index >= 15 is 0 Å². The molecule has 0 bridgehead atoms. The standard InChI is InChI=1S/C11H13Cl2NO2/c1-11(2,6-14-10(15)16)7-3-4-8(12)9(13)5-7/h3-5,14H,6H2,1-2H3,(H,15,16). The molecule has 0 radical (unpaired) electrons. The molecule has 0 unspecified atom stereocenters. The molecule has 0 aliphatic carbocycles. The van der Waals surface area contributed by atoms with E-state index in [0.717, 1.165) is 5.56 Å². The Kier molecular flexibility index (Phi) is 4.05. The third kappa shape index (κ3) is 3.29. The van der Waals surface area contributed by atoms with E-state index in [4.69, 9.17) is 28.3 Å². The Bertz CT molecular complexity index is 405. The van der Waals surface area contributed by atoms with Crippen molar-refractivity contribution in [1.82, 2.24) is 5.32 Å². The molecule has 5 heteroatoms. The molecule has 0 atom stereocenters. The first-order valence-corrected chi connectivity index (χ1v) is 5.51. The van der Waals surface area contributed by atoms with Crippen molar-refractivity contribution >= 4 is 29.3 Å². The molecule has 1 aromatic rings. The lowest BCUT2D eigenvalue weighted by atomic mass is 9.85. The first-order chi connectivity index (χ1) is 7.33. The zero-order valence-electron chi connectivity index (χ0n) is 9.05. The van der Waals surface area contributed by atoms with Crippen molar-refractivity contribution in [2.24, 2.45) is 0 Å². The first kappa shape index (κ1) is 13.1. The van der Waals surface area contributed by atoms with Gasteiger partial charge in [0, 0.05) is 12.0 Å². The SMILES string of the molecule is CC(C)(CNC(=O)O)c1ccc(Cl)c(Cl)c1. The van der Waals surface area contributed by atoms with Crippen LogP contribution in [0.3, 0.4) is 0 Å². The summed E-state index contributed by atoms with van der Waals surface area (Å²) in [7, 11) is 0. The number of carbonyl (C=O) groups is 1. The number of hydrogen-bond donors (Lipinski definition) is 2. The summed E-state index contributed by atoms with van der Waals surface area (Å²) in [5.74, 6) is 0. The predicted octanol–water partition coefficient (Wildman–Crippen LogP) is 3.54. The predicted molar refractivity (Wildman–Crippen MR) is 65.5 cm³/mol. The smallest absolute Gasteiger partial charge is 0.404 e. The van der Waals surface area contributed by atoms with Crippen molar-refractivity contribution < 1.29 is 9.90 Å². The molecule has 0 aliphatic rings. The van der Waals surface area contributed by atoms with Gasteiger partial charge < -0.3 is 10.4 Å². The number of hydrogen-bond acceptors (Lipinski definition) is 1. The maximum absolute atomic E-state index is 10.4. The molecule has 1 amide bonds. The lowest BCUT2D eigenvalue weighted by Crippen LogP contribution is -2.35. The summed E-state index contributed by atoms with van der Waals surface area (Å²) >= 11 is 11.7. The monoisotopic (exact) mass is 261 g/mol. The molecule has 3 nitrogen and oxygen atoms in total. The molecule has 0 heterocycles. The zero-order valence-corrected chi connectivity index (χ0v) is 10.6. The minimum absolute atomic E-state index is 0.320. The van der Waals surface area contributed by atoms with Gasteiger partial charge in [-0.05, 0) is 17.7 Å². The van der Waals surface area contributed by atoms with Crippen LogP contribution in [0.2, 0.25) is 10.0 Å². The van der Waals surface area contributed by atoms with Gasteiger partial charge in [-0.2, -0.15) is 0 Å². The van der Waals surface area contributed by atoms with Gasteiger partial charge in [0.15, 0.2) is 0 Å². The highest BCUT2D eigenvalue weighted by atomic mass is 35.5. The van der Waals surface area contributed by atoms with Crippen LogP contribution >= 0.6 is 23.2 Å². The Balaban J connectivity index is 2.88. The van der Waals surface area contributed by atoms with E-state index in [1.54, 1.807) is 12.1 Å². The summed E-state index contributed by atoms with van der Waals surface area (Å²) in [6.45, 7) is 4.19. The van der Waals surface area contributed by atoms with Crippen LogP contribution in [-0.2, 0) is 5.41 Å². The Hall–Kier alpha value is -0.930. The maximum Gasteiger partial charge on any atom is 0.404 e. The fraction of sp³-hybridized carbons (Fsp3) is 0.364. The van der Waals surface area contributed by atoms with Crippen molar-refractivity contribution in [3.63, 3.8) is 0 Å². The van der Waals surface area contributed by atoms with Gasteiger partial charge >= 0.3 is 6.09 Å². The van der Waals surface area contributed by atoms with E-state index in [1.165, 1.54) is 0 Å². The van der Waals surface area contributed by atoms with Crippen molar-refractivity contribution in [3.05, 3.63) is 33.8 Å². The molecule has 88 valence electrons. The van der Waals surface area contributed by atoms with Gasteiger partial charge in [0.25, 0.3) is 0 Å². The second-order valence-corrected chi connectivity index (χ2v) is 4.99. The second-order valence-electron chi connectivity index (χ2n) is 4.17. The first-order valence-electron chi connectivity index (χ1n) is 4.75. The number of nitrogens with one attached hydrogen (secondary N) is 1. The number of carboxylic acid groups (broad SMARTS) is 1. The van der Waals surface area contributed by atoms with E-state index in [9.17, 15) is 4.79 Å². The summed E-state index contributed by atoms with van der Waals surface area (Å²) in [5, 5.41) is 11.9. The highest BCUT2D eigenvalue weighted by molar-refractivity contribution is 6.42. The third-order valence-corrected chi connectivity index (χ3v) is 3.12. The largest absolute Gasteiger partial charge is 0.465 e. The van der Waals surface area contributed by atoms with Crippen LogP contribution in [0.15, 0.2) is 18.2 Å². The van der Waals surface area contributed by atoms with Gasteiger partial charge in [0.2, 0.25) is 0 Å². The maximum atomic E-state index is 10.4. The lowest BCUT2D eigenvalue weighted by molar-refractivity contribution is 0.192. The molecule has 2 N–H and O–H groups in total. The Morgan fingerprint density at radius 1 is 1.38 bits per heavy atom. The van der Waals surface area contributed by atoms with Gasteiger partial charge in [0.05, 0.1) is 10.0 Å². The zero-order chi connectivity index (χ0) is 12.3. The van der Waals surface area contributed by atoms with Gasteiger partial charge in [-0.15, -0.1) is 0 Å². The minimum atomic E-state index is -1.03. The van der Waals surface area contributed by atoms with Crippen molar-refractivity contribution in [3.8, 4) is 0 Å². The molecular formula is C11H13Cl2NO2.